The Hall–Kier alpha value is -0.580. The first-order valence-electron chi connectivity index (χ1n) is 4.14. The van der Waals surface area contributed by atoms with Crippen LogP contribution in [0.25, 0.3) is 0 Å². The molecule has 0 spiro atoms. The Morgan fingerprint density at radius 2 is 2.00 bits per heavy atom. The van der Waals surface area contributed by atoms with Crippen LogP contribution in [0.3, 0.4) is 0 Å². The summed E-state index contributed by atoms with van der Waals surface area (Å²) in [6, 6.07) is 3.07. The van der Waals surface area contributed by atoms with Gasteiger partial charge in [-0.2, -0.15) is 13.2 Å². The normalized spacial score (nSPS) is 19.4. The minimum absolute atomic E-state index is 0.124. The molecule has 1 aromatic rings. The zero-order valence-corrected chi connectivity index (χ0v) is 8.69. The maximum absolute atomic E-state index is 12.7. The number of halogens is 4. The Balaban J connectivity index is 2.41. The third-order valence-electron chi connectivity index (χ3n) is 2.50. The standard InChI is InChI=1S/C9H7BrF3N/c10-6-1-4-14-7(5-6)8(2-3-8)9(11,12)13/h1,4-5H,2-3H2. The molecule has 76 valence electrons. The van der Waals surface area contributed by atoms with E-state index in [1.54, 1.807) is 6.07 Å². The predicted octanol–water partition coefficient (Wildman–Crippen LogP) is 3.44. The highest BCUT2D eigenvalue weighted by Gasteiger charge is 2.65. The highest BCUT2D eigenvalue weighted by Crippen LogP contribution is 2.58. The Labute approximate surface area is 87.5 Å². The number of rotatable bonds is 1. The molecule has 1 aromatic heterocycles. The smallest absolute Gasteiger partial charge is 0.260 e. The van der Waals surface area contributed by atoms with E-state index in [1.165, 1.54) is 12.3 Å². The van der Waals surface area contributed by atoms with Gasteiger partial charge in [-0.15, -0.1) is 0 Å². The third-order valence-corrected chi connectivity index (χ3v) is 3.00. The number of aromatic nitrogens is 1. The van der Waals surface area contributed by atoms with Gasteiger partial charge in [0.2, 0.25) is 0 Å². The summed E-state index contributed by atoms with van der Waals surface area (Å²) in [5.74, 6) is 0. The molecule has 0 saturated heterocycles. The fourth-order valence-corrected chi connectivity index (χ4v) is 1.81. The molecule has 1 heterocycles. The largest absolute Gasteiger partial charge is 0.399 e. The quantitative estimate of drug-likeness (QED) is 0.758. The van der Waals surface area contributed by atoms with Crippen molar-refractivity contribution in [2.75, 3.05) is 0 Å². The molecule has 1 nitrogen and oxygen atoms in total. The zero-order chi connectivity index (χ0) is 10.4. The monoisotopic (exact) mass is 265 g/mol. The number of hydrogen-bond donors (Lipinski definition) is 0. The van der Waals surface area contributed by atoms with E-state index in [1.807, 2.05) is 0 Å². The lowest BCUT2D eigenvalue weighted by Gasteiger charge is -2.18. The molecule has 1 fully saturated rings. The van der Waals surface area contributed by atoms with Gasteiger partial charge in [-0.1, -0.05) is 15.9 Å². The van der Waals surface area contributed by atoms with Gasteiger partial charge >= 0.3 is 6.18 Å². The van der Waals surface area contributed by atoms with Crippen molar-refractivity contribution < 1.29 is 13.2 Å². The lowest BCUT2D eigenvalue weighted by molar-refractivity contribution is -0.161. The molecule has 1 aliphatic rings. The second-order valence-corrected chi connectivity index (χ2v) is 4.35. The Morgan fingerprint density at radius 1 is 1.36 bits per heavy atom. The Morgan fingerprint density at radius 3 is 2.43 bits per heavy atom. The van der Waals surface area contributed by atoms with E-state index in [9.17, 15) is 13.2 Å². The number of hydrogen-bond acceptors (Lipinski definition) is 1. The zero-order valence-electron chi connectivity index (χ0n) is 7.11. The van der Waals surface area contributed by atoms with E-state index >= 15 is 0 Å². The molecule has 0 bridgehead atoms. The highest BCUT2D eigenvalue weighted by molar-refractivity contribution is 9.10. The summed E-state index contributed by atoms with van der Waals surface area (Å²) < 4.78 is 38.6. The molecule has 1 saturated carbocycles. The van der Waals surface area contributed by atoms with Gasteiger partial charge in [0.25, 0.3) is 0 Å². The van der Waals surface area contributed by atoms with E-state index in [0.717, 1.165) is 0 Å². The molecule has 2 rings (SSSR count). The van der Waals surface area contributed by atoms with Crippen molar-refractivity contribution >= 4 is 15.9 Å². The lowest BCUT2D eigenvalue weighted by Crippen LogP contribution is -2.29. The van der Waals surface area contributed by atoms with Gasteiger partial charge in [0.15, 0.2) is 0 Å². The predicted molar refractivity (Wildman–Crippen MR) is 48.9 cm³/mol. The summed E-state index contributed by atoms with van der Waals surface area (Å²) in [5.41, 5.74) is -1.55. The molecule has 0 N–H and O–H groups in total. The molecule has 0 aliphatic heterocycles. The van der Waals surface area contributed by atoms with Crippen molar-refractivity contribution in [3.05, 3.63) is 28.5 Å². The van der Waals surface area contributed by atoms with Crippen LogP contribution in [0.15, 0.2) is 22.8 Å². The summed E-state index contributed by atoms with van der Waals surface area (Å²) in [5, 5.41) is 0. The van der Waals surface area contributed by atoms with Crippen molar-refractivity contribution in [1.29, 1.82) is 0 Å². The van der Waals surface area contributed by atoms with Crippen LogP contribution in [0.5, 0.6) is 0 Å². The van der Waals surface area contributed by atoms with E-state index in [2.05, 4.69) is 20.9 Å². The van der Waals surface area contributed by atoms with Gasteiger partial charge in [0, 0.05) is 10.7 Å². The molecule has 5 heteroatoms. The van der Waals surface area contributed by atoms with Gasteiger partial charge in [0.1, 0.15) is 5.41 Å². The molecule has 0 atom stereocenters. The maximum Gasteiger partial charge on any atom is 0.399 e. The van der Waals surface area contributed by atoms with Crippen molar-refractivity contribution in [3.63, 3.8) is 0 Å². The van der Waals surface area contributed by atoms with Gasteiger partial charge in [0.05, 0.1) is 5.69 Å². The van der Waals surface area contributed by atoms with Gasteiger partial charge in [-0.3, -0.25) is 4.98 Å². The first kappa shape index (κ1) is 9.96. The Kier molecular flexibility index (Phi) is 2.10. The van der Waals surface area contributed by atoms with E-state index in [4.69, 9.17) is 0 Å². The highest BCUT2D eigenvalue weighted by atomic mass is 79.9. The van der Waals surface area contributed by atoms with Crippen LogP contribution in [0.4, 0.5) is 13.2 Å². The molecular weight excluding hydrogens is 259 g/mol. The second-order valence-electron chi connectivity index (χ2n) is 3.44. The number of alkyl halides is 3. The van der Waals surface area contributed by atoms with E-state index < -0.39 is 11.6 Å². The van der Waals surface area contributed by atoms with Crippen LogP contribution in [0.2, 0.25) is 0 Å². The van der Waals surface area contributed by atoms with Crippen LogP contribution in [-0.2, 0) is 5.41 Å². The molecule has 0 amide bonds. The molecular formula is C9H7BrF3N. The maximum atomic E-state index is 12.7. The van der Waals surface area contributed by atoms with E-state index in [-0.39, 0.29) is 18.5 Å². The fraction of sp³-hybridized carbons (Fsp3) is 0.444. The van der Waals surface area contributed by atoms with Crippen molar-refractivity contribution in [2.24, 2.45) is 0 Å². The summed E-state index contributed by atoms with van der Waals surface area (Å²) >= 11 is 3.14. The van der Waals surface area contributed by atoms with Crippen LogP contribution in [-0.4, -0.2) is 11.2 Å². The topological polar surface area (TPSA) is 12.9 Å². The van der Waals surface area contributed by atoms with Crippen molar-refractivity contribution in [1.82, 2.24) is 4.98 Å². The van der Waals surface area contributed by atoms with E-state index in [0.29, 0.717) is 4.47 Å². The minimum Gasteiger partial charge on any atom is -0.260 e. The first-order valence-corrected chi connectivity index (χ1v) is 4.94. The second kappa shape index (κ2) is 2.95. The number of nitrogens with zero attached hydrogens (tertiary/aromatic N) is 1. The lowest BCUT2D eigenvalue weighted by atomic mass is 10.0. The first-order chi connectivity index (χ1) is 6.46. The molecule has 0 unspecified atom stereocenters. The molecule has 0 aromatic carbocycles. The van der Waals surface area contributed by atoms with Gasteiger partial charge in [-0.25, -0.2) is 0 Å². The summed E-state index contributed by atoms with van der Waals surface area (Å²) in [6.45, 7) is 0. The summed E-state index contributed by atoms with van der Waals surface area (Å²) in [4.78, 5) is 3.79. The van der Waals surface area contributed by atoms with Crippen LogP contribution >= 0.6 is 15.9 Å². The average Bonchev–Trinajstić information content (AvgIpc) is 2.82. The molecule has 0 radical (unpaired) electrons. The third kappa shape index (κ3) is 1.43. The minimum atomic E-state index is -4.18. The van der Waals surface area contributed by atoms with Crippen LogP contribution in [0.1, 0.15) is 18.5 Å². The van der Waals surface area contributed by atoms with Gasteiger partial charge in [-0.05, 0) is 25.0 Å². The fourth-order valence-electron chi connectivity index (χ4n) is 1.48. The SMILES string of the molecule is FC(F)(F)C1(c2cc(Br)ccn2)CC1. The van der Waals surface area contributed by atoms with Crippen molar-refractivity contribution in [3.8, 4) is 0 Å². The van der Waals surface area contributed by atoms with Crippen molar-refractivity contribution in [2.45, 2.75) is 24.4 Å². The van der Waals surface area contributed by atoms with Gasteiger partial charge < -0.3 is 0 Å². The number of pyridine rings is 1. The van der Waals surface area contributed by atoms with Crippen LogP contribution in [0, 0.1) is 0 Å². The molecule has 14 heavy (non-hydrogen) atoms. The van der Waals surface area contributed by atoms with Crippen LogP contribution < -0.4 is 0 Å². The Bertz CT molecular complexity index is 357. The summed E-state index contributed by atoms with van der Waals surface area (Å²) in [7, 11) is 0. The molecule has 1 aliphatic carbocycles. The summed E-state index contributed by atoms with van der Waals surface area (Å²) in [6.07, 6.45) is -2.48. The average molecular weight is 266 g/mol.